The lowest BCUT2D eigenvalue weighted by molar-refractivity contribution is 0.354. The van der Waals surface area contributed by atoms with Gasteiger partial charge >= 0.3 is 0 Å². The molecule has 1 aliphatic carbocycles. The second-order valence-electron chi connectivity index (χ2n) is 4.49. The topological polar surface area (TPSA) is 44.5 Å². The van der Waals surface area contributed by atoms with E-state index in [2.05, 4.69) is 0 Å². The van der Waals surface area contributed by atoms with E-state index in [-0.39, 0.29) is 6.04 Å². The Morgan fingerprint density at radius 2 is 2.06 bits per heavy atom. The van der Waals surface area contributed by atoms with E-state index in [1.54, 1.807) is 14.2 Å². The van der Waals surface area contributed by atoms with Gasteiger partial charge in [-0.25, -0.2) is 0 Å². The molecular formula is C13H18ClNO2. The molecule has 17 heavy (non-hydrogen) atoms. The zero-order chi connectivity index (χ0) is 12.4. The molecule has 0 aliphatic heterocycles. The lowest BCUT2D eigenvalue weighted by atomic mass is 10.0. The Kier molecular flexibility index (Phi) is 3.79. The highest BCUT2D eigenvalue weighted by molar-refractivity contribution is 6.33. The van der Waals surface area contributed by atoms with Crippen LogP contribution < -0.4 is 15.2 Å². The zero-order valence-corrected chi connectivity index (χ0v) is 11.0. The summed E-state index contributed by atoms with van der Waals surface area (Å²) in [6, 6.07) is 3.76. The van der Waals surface area contributed by atoms with Crippen molar-refractivity contribution in [1.82, 2.24) is 0 Å². The van der Waals surface area contributed by atoms with E-state index < -0.39 is 0 Å². The fraction of sp³-hybridized carbons (Fsp3) is 0.538. The van der Waals surface area contributed by atoms with Crippen LogP contribution in [0.4, 0.5) is 0 Å². The molecule has 0 spiro atoms. The van der Waals surface area contributed by atoms with Crippen LogP contribution in [0, 0.1) is 5.92 Å². The molecule has 0 radical (unpaired) electrons. The molecule has 94 valence electrons. The summed E-state index contributed by atoms with van der Waals surface area (Å²) in [6.07, 6.45) is 3.58. The van der Waals surface area contributed by atoms with Crippen LogP contribution in [0.25, 0.3) is 0 Å². The second-order valence-corrected chi connectivity index (χ2v) is 4.87. The summed E-state index contributed by atoms with van der Waals surface area (Å²) in [6.45, 7) is 0. The van der Waals surface area contributed by atoms with Gasteiger partial charge in [0.2, 0.25) is 0 Å². The van der Waals surface area contributed by atoms with Crippen molar-refractivity contribution in [1.29, 1.82) is 0 Å². The van der Waals surface area contributed by atoms with Gasteiger partial charge in [-0.05, 0) is 24.0 Å². The first-order valence-corrected chi connectivity index (χ1v) is 6.21. The number of ether oxygens (including phenoxy) is 2. The van der Waals surface area contributed by atoms with Gasteiger partial charge in [0.05, 0.1) is 19.2 Å². The summed E-state index contributed by atoms with van der Waals surface area (Å²) in [5.74, 6) is 1.98. The van der Waals surface area contributed by atoms with Crippen molar-refractivity contribution in [2.24, 2.45) is 11.7 Å². The van der Waals surface area contributed by atoms with Crippen molar-refractivity contribution in [2.75, 3.05) is 14.2 Å². The zero-order valence-electron chi connectivity index (χ0n) is 10.2. The number of hydrogen-bond acceptors (Lipinski definition) is 3. The molecule has 1 aromatic carbocycles. The molecule has 0 unspecified atom stereocenters. The Morgan fingerprint density at radius 3 is 2.59 bits per heavy atom. The molecule has 1 aromatic rings. The lowest BCUT2D eigenvalue weighted by Crippen LogP contribution is -2.12. The van der Waals surface area contributed by atoms with Crippen LogP contribution in [0.2, 0.25) is 5.02 Å². The molecule has 1 atom stereocenters. The number of hydrogen-bond donors (Lipinski definition) is 1. The van der Waals surface area contributed by atoms with Gasteiger partial charge in [-0.1, -0.05) is 30.5 Å². The smallest absolute Gasteiger partial charge is 0.179 e. The number of rotatable bonds is 5. The molecular weight excluding hydrogens is 238 g/mol. The molecule has 0 aromatic heterocycles. The Labute approximate surface area is 107 Å². The number of nitrogens with two attached hydrogens (primary N) is 1. The van der Waals surface area contributed by atoms with Crippen molar-refractivity contribution in [2.45, 2.75) is 25.3 Å². The van der Waals surface area contributed by atoms with Gasteiger partial charge in [0, 0.05) is 6.04 Å². The first-order valence-electron chi connectivity index (χ1n) is 5.83. The van der Waals surface area contributed by atoms with Gasteiger partial charge in [0.1, 0.15) is 0 Å². The third-order valence-electron chi connectivity index (χ3n) is 3.20. The summed E-state index contributed by atoms with van der Waals surface area (Å²) in [7, 11) is 3.18. The SMILES string of the molecule is COc1ccc([C@@H](N)CC2CC2)c(Cl)c1OC. The normalized spacial score (nSPS) is 16.7. The summed E-state index contributed by atoms with van der Waals surface area (Å²) < 4.78 is 10.5. The molecule has 1 fully saturated rings. The standard InChI is InChI=1S/C13H18ClNO2/c1-16-11-6-5-9(12(14)13(11)17-2)10(15)7-8-3-4-8/h5-6,8,10H,3-4,7,15H2,1-2H3/t10-/m0/s1. The van der Waals surface area contributed by atoms with Gasteiger partial charge < -0.3 is 15.2 Å². The van der Waals surface area contributed by atoms with Crippen LogP contribution in [-0.4, -0.2) is 14.2 Å². The minimum absolute atomic E-state index is 0.0187. The fourth-order valence-electron chi connectivity index (χ4n) is 2.03. The Hall–Kier alpha value is -0.930. The average molecular weight is 256 g/mol. The van der Waals surface area contributed by atoms with Gasteiger partial charge in [-0.3, -0.25) is 0 Å². The number of halogens is 1. The predicted octanol–water partition coefficient (Wildman–Crippen LogP) is 3.16. The van der Waals surface area contributed by atoms with Crippen LogP contribution in [-0.2, 0) is 0 Å². The van der Waals surface area contributed by atoms with Crippen LogP contribution in [0.3, 0.4) is 0 Å². The summed E-state index contributed by atoms with van der Waals surface area (Å²) in [5.41, 5.74) is 7.11. The summed E-state index contributed by atoms with van der Waals surface area (Å²) in [5, 5.41) is 0.569. The fourth-order valence-corrected chi connectivity index (χ4v) is 2.40. The monoisotopic (exact) mass is 255 g/mol. The van der Waals surface area contributed by atoms with E-state index >= 15 is 0 Å². The third kappa shape index (κ3) is 2.67. The number of benzene rings is 1. The van der Waals surface area contributed by atoms with Crippen LogP contribution in [0.15, 0.2) is 12.1 Å². The van der Waals surface area contributed by atoms with E-state index in [1.165, 1.54) is 12.8 Å². The molecule has 2 N–H and O–H groups in total. The van der Waals surface area contributed by atoms with Crippen molar-refractivity contribution < 1.29 is 9.47 Å². The highest BCUT2D eigenvalue weighted by Gasteiger charge is 2.26. The summed E-state index contributed by atoms with van der Waals surface area (Å²) in [4.78, 5) is 0. The van der Waals surface area contributed by atoms with Crippen molar-refractivity contribution in [3.63, 3.8) is 0 Å². The highest BCUT2D eigenvalue weighted by Crippen LogP contribution is 2.42. The van der Waals surface area contributed by atoms with Crippen LogP contribution >= 0.6 is 11.6 Å². The lowest BCUT2D eigenvalue weighted by Gasteiger charge is -2.17. The molecule has 0 bridgehead atoms. The third-order valence-corrected chi connectivity index (χ3v) is 3.59. The van der Waals surface area contributed by atoms with Gasteiger partial charge in [-0.2, -0.15) is 0 Å². The van der Waals surface area contributed by atoms with Gasteiger partial charge in [0.15, 0.2) is 11.5 Å². The predicted molar refractivity (Wildman–Crippen MR) is 68.8 cm³/mol. The van der Waals surface area contributed by atoms with Crippen LogP contribution in [0.1, 0.15) is 30.9 Å². The highest BCUT2D eigenvalue weighted by atomic mass is 35.5. The van der Waals surface area contributed by atoms with E-state index in [0.717, 1.165) is 17.9 Å². The molecule has 1 aliphatic rings. The average Bonchev–Trinajstić information content (AvgIpc) is 3.12. The largest absolute Gasteiger partial charge is 0.493 e. The van der Waals surface area contributed by atoms with Crippen LogP contribution in [0.5, 0.6) is 11.5 Å². The minimum Gasteiger partial charge on any atom is -0.493 e. The maximum atomic E-state index is 6.31. The van der Waals surface area contributed by atoms with Gasteiger partial charge in [-0.15, -0.1) is 0 Å². The molecule has 0 saturated heterocycles. The maximum Gasteiger partial charge on any atom is 0.179 e. The van der Waals surface area contributed by atoms with E-state index in [0.29, 0.717) is 16.5 Å². The first kappa shape index (κ1) is 12.5. The van der Waals surface area contributed by atoms with E-state index in [1.807, 2.05) is 12.1 Å². The first-order chi connectivity index (χ1) is 8.17. The van der Waals surface area contributed by atoms with Crippen molar-refractivity contribution in [3.05, 3.63) is 22.7 Å². The molecule has 3 nitrogen and oxygen atoms in total. The molecule has 1 saturated carbocycles. The quantitative estimate of drug-likeness (QED) is 0.879. The Balaban J connectivity index is 2.27. The Morgan fingerprint density at radius 1 is 1.35 bits per heavy atom. The molecule has 4 heteroatoms. The molecule has 0 amide bonds. The molecule has 2 rings (SSSR count). The van der Waals surface area contributed by atoms with Crippen molar-refractivity contribution in [3.8, 4) is 11.5 Å². The maximum absolute atomic E-state index is 6.31. The Bertz CT molecular complexity index is 405. The van der Waals surface area contributed by atoms with Crippen molar-refractivity contribution >= 4 is 11.6 Å². The van der Waals surface area contributed by atoms with E-state index in [4.69, 9.17) is 26.8 Å². The minimum atomic E-state index is -0.0187. The molecule has 0 heterocycles. The second kappa shape index (κ2) is 5.15. The van der Waals surface area contributed by atoms with Gasteiger partial charge in [0.25, 0.3) is 0 Å². The summed E-state index contributed by atoms with van der Waals surface area (Å²) >= 11 is 6.31. The van der Waals surface area contributed by atoms with E-state index in [9.17, 15) is 0 Å². The number of methoxy groups -OCH3 is 2.